The average Bonchev–Trinajstić information content (AvgIpc) is 2.63. The zero-order valence-corrected chi connectivity index (χ0v) is 14.2. The molecule has 3 rings (SSSR count). The summed E-state index contributed by atoms with van der Waals surface area (Å²) in [6.45, 7) is 0. The first-order chi connectivity index (χ1) is 12.2. The van der Waals surface area contributed by atoms with E-state index in [1.807, 2.05) is 30.3 Å². The molecule has 0 saturated heterocycles. The first-order valence-corrected chi connectivity index (χ1v) is 7.96. The Morgan fingerprint density at radius 3 is 2.56 bits per heavy atom. The normalized spacial score (nSPS) is 10.2. The molecule has 0 atom stereocenters. The summed E-state index contributed by atoms with van der Waals surface area (Å²) in [6.07, 6.45) is 1.58. The first kappa shape index (κ1) is 16.8. The van der Waals surface area contributed by atoms with Crippen LogP contribution in [-0.2, 0) is 0 Å². The standard InChI is InChI=1S/C19H16ClN3O2/c1-25-17-8-7-15(12-16(17)20)23-19(24)13-9-10-21-18(11-13)22-14-5-3-2-4-6-14/h2-12H,1H3,(H,21,22)(H,23,24). The molecule has 0 unspecified atom stereocenters. The number of carbonyl (C=O) groups is 1. The lowest BCUT2D eigenvalue weighted by molar-refractivity contribution is 0.102. The number of pyridine rings is 1. The van der Waals surface area contributed by atoms with Gasteiger partial charge >= 0.3 is 0 Å². The number of halogens is 1. The number of methoxy groups -OCH3 is 1. The van der Waals surface area contributed by atoms with Crippen molar-refractivity contribution in [3.8, 4) is 5.75 Å². The molecule has 1 aromatic heterocycles. The van der Waals surface area contributed by atoms with E-state index < -0.39 is 0 Å². The van der Waals surface area contributed by atoms with E-state index in [0.29, 0.717) is 27.8 Å². The minimum Gasteiger partial charge on any atom is -0.495 e. The van der Waals surface area contributed by atoms with Crippen molar-refractivity contribution >= 4 is 34.7 Å². The maximum Gasteiger partial charge on any atom is 0.255 e. The fourth-order valence-electron chi connectivity index (χ4n) is 2.26. The highest BCUT2D eigenvalue weighted by Crippen LogP contribution is 2.27. The van der Waals surface area contributed by atoms with Crippen LogP contribution in [0.4, 0.5) is 17.2 Å². The lowest BCUT2D eigenvalue weighted by atomic mass is 10.2. The van der Waals surface area contributed by atoms with Gasteiger partial charge in [0.2, 0.25) is 0 Å². The third kappa shape index (κ3) is 4.28. The van der Waals surface area contributed by atoms with Crippen molar-refractivity contribution < 1.29 is 9.53 Å². The van der Waals surface area contributed by atoms with E-state index in [4.69, 9.17) is 16.3 Å². The number of nitrogens with one attached hydrogen (secondary N) is 2. The molecule has 0 radical (unpaired) electrons. The van der Waals surface area contributed by atoms with Crippen LogP contribution in [-0.4, -0.2) is 18.0 Å². The first-order valence-electron chi connectivity index (χ1n) is 7.59. The summed E-state index contributed by atoms with van der Waals surface area (Å²) in [7, 11) is 1.54. The lowest BCUT2D eigenvalue weighted by Gasteiger charge is -2.09. The Labute approximate surface area is 150 Å². The van der Waals surface area contributed by atoms with Crippen molar-refractivity contribution in [2.24, 2.45) is 0 Å². The third-order valence-electron chi connectivity index (χ3n) is 3.48. The van der Waals surface area contributed by atoms with Gasteiger partial charge in [0, 0.05) is 23.1 Å². The molecule has 1 amide bonds. The van der Waals surface area contributed by atoms with Crippen LogP contribution in [0.25, 0.3) is 0 Å². The van der Waals surface area contributed by atoms with E-state index in [2.05, 4.69) is 15.6 Å². The molecule has 0 saturated carbocycles. The number of nitrogens with zero attached hydrogens (tertiary/aromatic N) is 1. The molecule has 6 heteroatoms. The van der Waals surface area contributed by atoms with Gasteiger partial charge in [-0.2, -0.15) is 0 Å². The second-order valence-corrected chi connectivity index (χ2v) is 5.63. The Balaban J connectivity index is 1.74. The van der Waals surface area contributed by atoms with E-state index in [9.17, 15) is 4.79 Å². The summed E-state index contributed by atoms with van der Waals surface area (Å²) >= 11 is 6.08. The fourth-order valence-corrected chi connectivity index (χ4v) is 2.51. The predicted octanol–water partition coefficient (Wildman–Crippen LogP) is 4.74. The van der Waals surface area contributed by atoms with Crippen molar-refractivity contribution in [1.29, 1.82) is 0 Å². The van der Waals surface area contributed by atoms with E-state index >= 15 is 0 Å². The molecule has 126 valence electrons. The maximum absolute atomic E-state index is 12.4. The van der Waals surface area contributed by atoms with Crippen LogP contribution in [0.15, 0.2) is 66.9 Å². The number of amides is 1. The maximum atomic E-state index is 12.4. The Morgan fingerprint density at radius 1 is 1.04 bits per heavy atom. The Morgan fingerprint density at radius 2 is 1.84 bits per heavy atom. The highest BCUT2D eigenvalue weighted by Gasteiger charge is 2.09. The topological polar surface area (TPSA) is 63.2 Å². The number of para-hydroxylation sites is 1. The fraction of sp³-hybridized carbons (Fsp3) is 0.0526. The van der Waals surface area contributed by atoms with E-state index in [1.54, 1.807) is 36.5 Å². The molecule has 3 aromatic rings. The van der Waals surface area contributed by atoms with Gasteiger partial charge in [-0.1, -0.05) is 29.8 Å². The Kier molecular flexibility index (Phi) is 5.16. The molecule has 0 aliphatic heterocycles. The van der Waals surface area contributed by atoms with Crippen molar-refractivity contribution in [1.82, 2.24) is 4.98 Å². The van der Waals surface area contributed by atoms with Gasteiger partial charge in [0.1, 0.15) is 11.6 Å². The van der Waals surface area contributed by atoms with Crippen molar-refractivity contribution in [2.45, 2.75) is 0 Å². The predicted molar refractivity (Wildman–Crippen MR) is 99.9 cm³/mol. The molecule has 25 heavy (non-hydrogen) atoms. The summed E-state index contributed by atoms with van der Waals surface area (Å²) in [5.74, 6) is 0.893. The molecule has 0 fully saturated rings. The van der Waals surface area contributed by atoms with Crippen LogP contribution in [0.3, 0.4) is 0 Å². The van der Waals surface area contributed by atoms with Gasteiger partial charge in [0.15, 0.2) is 0 Å². The average molecular weight is 354 g/mol. The van der Waals surface area contributed by atoms with Gasteiger partial charge in [-0.3, -0.25) is 4.79 Å². The second-order valence-electron chi connectivity index (χ2n) is 5.22. The highest BCUT2D eigenvalue weighted by molar-refractivity contribution is 6.32. The van der Waals surface area contributed by atoms with Crippen LogP contribution in [0.1, 0.15) is 10.4 Å². The lowest BCUT2D eigenvalue weighted by Crippen LogP contribution is -2.12. The molecule has 0 bridgehead atoms. The quantitative estimate of drug-likeness (QED) is 0.695. The van der Waals surface area contributed by atoms with Crippen LogP contribution >= 0.6 is 11.6 Å². The summed E-state index contributed by atoms with van der Waals surface area (Å²) in [5, 5.41) is 6.40. The van der Waals surface area contributed by atoms with E-state index in [1.165, 1.54) is 7.11 Å². The monoisotopic (exact) mass is 353 g/mol. The zero-order chi connectivity index (χ0) is 17.6. The van der Waals surface area contributed by atoms with Gasteiger partial charge in [-0.25, -0.2) is 4.98 Å². The second kappa shape index (κ2) is 7.68. The van der Waals surface area contributed by atoms with Crippen LogP contribution < -0.4 is 15.4 Å². The smallest absolute Gasteiger partial charge is 0.255 e. The SMILES string of the molecule is COc1ccc(NC(=O)c2ccnc(Nc3ccccc3)c2)cc1Cl. The summed E-state index contributed by atoms with van der Waals surface area (Å²) in [5.41, 5.74) is 1.97. The zero-order valence-electron chi connectivity index (χ0n) is 13.5. The minimum atomic E-state index is -0.250. The van der Waals surface area contributed by atoms with E-state index in [0.717, 1.165) is 5.69 Å². The molecule has 0 spiro atoms. The number of hydrogen-bond acceptors (Lipinski definition) is 4. The summed E-state index contributed by atoms with van der Waals surface area (Å²) in [6, 6.07) is 18.0. The van der Waals surface area contributed by atoms with Crippen molar-refractivity contribution in [2.75, 3.05) is 17.7 Å². The number of hydrogen-bond donors (Lipinski definition) is 2. The molecular formula is C19H16ClN3O2. The highest BCUT2D eigenvalue weighted by atomic mass is 35.5. The molecular weight excluding hydrogens is 338 g/mol. The molecule has 5 nitrogen and oxygen atoms in total. The van der Waals surface area contributed by atoms with Crippen LogP contribution in [0, 0.1) is 0 Å². The number of anilines is 3. The van der Waals surface area contributed by atoms with Gasteiger partial charge in [0.25, 0.3) is 5.91 Å². The number of rotatable bonds is 5. The Hall–Kier alpha value is -3.05. The summed E-state index contributed by atoms with van der Waals surface area (Å²) in [4.78, 5) is 16.7. The largest absolute Gasteiger partial charge is 0.495 e. The molecule has 0 aliphatic carbocycles. The van der Waals surface area contributed by atoms with Gasteiger partial charge in [0.05, 0.1) is 12.1 Å². The molecule has 0 aliphatic rings. The minimum absolute atomic E-state index is 0.250. The van der Waals surface area contributed by atoms with Gasteiger partial charge < -0.3 is 15.4 Å². The summed E-state index contributed by atoms with van der Waals surface area (Å²) < 4.78 is 5.10. The van der Waals surface area contributed by atoms with Crippen molar-refractivity contribution in [3.05, 3.63) is 77.4 Å². The number of aromatic nitrogens is 1. The Bertz CT molecular complexity index is 885. The third-order valence-corrected chi connectivity index (χ3v) is 3.77. The van der Waals surface area contributed by atoms with Gasteiger partial charge in [-0.05, 0) is 42.5 Å². The molecule has 2 aromatic carbocycles. The molecule has 1 heterocycles. The number of carbonyl (C=O) groups excluding carboxylic acids is 1. The van der Waals surface area contributed by atoms with Crippen molar-refractivity contribution in [3.63, 3.8) is 0 Å². The van der Waals surface area contributed by atoms with Crippen LogP contribution in [0.5, 0.6) is 5.75 Å². The van der Waals surface area contributed by atoms with Crippen LogP contribution in [0.2, 0.25) is 5.02 Å². The number of ether oxygens (including phenoxy) is 1. The number of benzene rings is 2. The van der Waals surface area contributed by atoms with Gasteiger partial charge in [-0.15, -0.1) is 0 Å². The molecule has 2 N–H and O–H groups in total. The van der Waals surface area contributed by atoms with E-state index in [-0.39, 0.29) is 5.91 Å².